The van der Waals surface area contributed by atoms with E-state index in [4.69, 9.17) is 0 Å². The van der Waals surface area contributed by atoms with E-state index in [9.17, 15) is 5.11 Å². The molecule has 1 fully saturated rings. The van der Waals surface area contributed by atoms with Crippen LogP contribution in [0, 0.1) is 5.92 Å². The molecule has 1 N–H and O–H groups in total. The van der Waals surface area contributed by atoms with Gasteiger partial charge < -0.3 is 5.11 Å². The van der Waals surface area contributed by atoms with Gasteiger partial charge in [-0.15, -0.1) is 0 Å². The second kappa shape index (κ2) is 5.72. The lowest BCUT2D eigenvalue weighted by atomic mass is 10.0. The lowest BCUT2D eigenvalue weighted by Crippen LogP contribution is -2.31. The highest BCUT2D eigenvalue weighted by molar-refractivity contribution is 4.85. The molecule has 2 atom stereocenters. The van der Waals surface area contributed by atoms with Crippen LogP contribution < -0.4 is 0 Å². The summed E-state index contributed by atoms with van der Waals surface area (Å²) in [5.74, 6) is 0.745. The van der Waals surface area contributed by atoms with Crippen LogP contribution in [-0.2, 0) is 0 Å². The Hall–Kier alpha value is -0.0800. The number of unbranched alkanes of at least 4 members (excludes halogenated alkanes) is 1. The lowest BCUT2D eigenvalue weighted by Gasteiger charge is -2.25. The first kappa shape index (κ1) is 12.0. The number of aliphatic hydroxyl groups is 1. The largest absolute Gasteiger partial charge is 0.392 e. The Labute approximate surface area is 88.3 Å². The van der Waals surface area contributed by atoms with Crippen molar-refractivity contribution in [3.8, 4) is 0 Å². The molecule has 0 amide bonds. The molecule has 0 aromatic heterocycles. The van der Waals surface area contributed by atoms with Crippen LogP contribution in [0.25, 0.3) is 0 Å². The average molecular weight is 199 g/mol. The Morgan fingerprint density at radius 1 is 1.43 bits per heavy atom. The van der Waals surface area contributed by atoms with Gasteiger partial charge in [0.15, 0.2) is 0 Å². The normalized spacial score (nSPS) is 28.9. The van der Waals surface area contributed by atoms with Crippen molar-refractivity contribution >= 4 is 0 Å². The number of β-amino-alcohol motifs (C(OH)–C–C–N with tert-alkyl or cyclic N) is 1. The van der Waals surface area contributed by atoms with Crippen molar-refractivity contribution < 1.29 is 5.11 Å². The summed E-state index contributed by atoms with van der Waals surface area (Å²) in [5.41, 5.74) is 0. The number of likely N-dealkylation sites (tertiary alicyclic amines) is 1. The molecular weight excluding hydrogens is 174 g/mol. The van der Waals surface area contributed by atoms with Gasteiger partial charge >= 0.3 is 0 Å². The van der Waals surface area contributed by atoms with E-state index in [1.165, 1.54) is 25.8 Å². The topological polar surface area (TPSA) is 23.5 Å². The van der Waals surface area contributed by atoms with Crippen LogP contribution >= 0.6 is 0 Å². The summed E-state index contributed by atoms with van der Waals surface area (Å²) < 4.78 is 0. The van der Waals surface area contributed by atoms with Gasteiger partial charge in [-0.2, -0.15) is 0 Å². The van der Waals surface area contributed by atoms with Crippen LogP contribution in [0.5, 0.6) is 0 Å². The van der Waals surface area contributed by atoms with Crippen LogP contribution in [0.15, 0.2) is 0 Å². The third-order valence-corrected chi connectivity index (χ3v) is 3.05. The highest BCUT2D eigenvalue weighted by Gasteiger charge is 2.30. The average Bonchev–Trinajstić information content (AvgIpc) is 2.41. The molecule has 2 heteroatoms. The van der Waals surface area contributed by atoms with Gasteiger partial charge in [0.1, 0.15) is 0 Å². The predicted octanol–water partition coefficient (Wildman–Crippen LogP) is 2.27. The molecule has 1 heterocycles. The predicted molar refractivity (Wildman–Crippen MR) is 60.3 cm³/mol. The van der Waals surface area contributed by atoms with E-state index >= 15 is 0 Å². The lowest BCUT2D eigenvalue weighted by molar-refractivity contribution is 0.173. The quantitative estimate of drug-likeness (QED) is 0.734. The molecule has 0 aromatic rings. The Morgan fingerprint density at radius 2 is 2.14 bits per heavy atom. The molecule has 0 saturated carbocycles. The van der Waals surface area contributed by atoms with Crippen molar-refractivity contribution in [1.82, 2.24) is 4.90 Å². The standard InChI is InChI=1S/C12H25NO/c1-4-5-6-13-9-12(14)8-11(13)7-10(2)3/h10-12,14H,4-9H2,1-3H3. The molecular formula is C12H25NO. The SMILES string of the molecule is CCCCN1CC(O)CC1CC(C)C. The second-order valence-corrected chi connectivity index (χ2v) is 5.02. The van der Waals surface area contributed by atoms with E-state index in [0.29, 0.717) is 6.04 Å². The monoisotopic (exact) mass is 199 g/mol. The van der Waals surface area contributed by atoms with E-state index in [1.54, 1.807) is 0 Å². The van der Waals surface area contributed by atoms with Gasteiger partial charge in [0.05, 0.1) is 6.10 Å². The zero-order valence-electron chi connectivity index (χ0n) is 9.87. The van der Waals surface area contributed by atoms with Crippen molar-refractivity contribution in [3.05, 3.63) is 0 Å². The second-order valence-electron chi connectivity index (χ2n) is 5.02. The molecule has 0 bridgehead atoms. The minimum atomic E-state index is -0.0735. The molecule has 14 heavy (non-hydrogen) atoms. The Balaban J connectivity index is 2.37. The fourth-order valence-corrected chi connectivity index (χ4v) is 2.38. The summed E-state index contributed by atoms with van der Waals surface area (Å²) in [6.07, 6.45) is 4.67. The summed E-state index contributed by atoms with van der Waals surface area (Å²) in [5, 5.41) is 9.64. The number of rotatable bonds is 5. The minimum Gasteiger partial charge on any atom is -0.392 e. The van der Waals surface area contributed by atoms with E-state index in [2.05, 4.69) is 25.7 Å². The third-order valence-electron chi connectivity index (χ3n) is 3.05. The number of hydrogen-bond acceptors (Lipinski definition) is 2. The molecule has 0 aromatic carbocycles. The Bertz CT molecular complexity index is 158. The molecule has 0 aliphatic carbocycles. The van der Waals surface area contributed by atoms with Crippen molar-refractivity contribution in [2.24, 2.45) is 5.92 Å². The van der Waals surface area contributed by atoms with Crippen LogP contribution in [0.2, 0.25) is 0 Å². The first-order valence-electron chi connectivity index (χ1n) is 6.05. The van der Waals surface area contributed by atoms with Crippen molar-refractivity contribution in [2.45, 2.75) is 58.6 Å². The van der Waals surface area contributed by atoms with Gasteiger partial charge in [-0.05, 0) is 31.7 Å². The van der Waals surface area contributed by atoms with E-state index in [0.717, 1.165) is 18.9 Å². The van der Waals surface area contributed by atoms with Gasteiger partial charge in [-0.3, -0.25) is 4.90 Å². The van der Waals surface area contributed by atoms with E-state index < -0.39 is 0 Å². The molecule has 1 saturated heterocycles. The summed E-state index contributed by atoms with van der Waals surface area (Å²) in [6.45, 7) is 8.83. The van der Waals surface area contributed by atoms with E-state index in [-0.39, 0.29) is 6.10 Å². The zero-order chi connectivity index (χ0) is 10.6. The van der Waals surface area contributed by atoms with Gasteiger partial charge in [0, 0.05) is 12.6 Å². The maximum atomic E-state index is 9.64. The van der Waals surface area contributed by atoms with Crippen molar-refractivity contribution in [3.63, 3.8) is 0 Å². The van der Waals surface area contributed by atoms with Gasteiger partial charge in [0.2, 0.25) is 0 Å². The summed E-state index contributed by atoms with van der Waals surface area (Å²) in [4.78, 5) is 2.48. The fraction of sp³-hybridized carbons (Fsp3) is 1.00. The van der Waals surface area contributed by atoms with Gasteiger partial charge in [-0.1, -0.05) is 27.2 Å². The fourth-order valence-electron chi connectivity index (χ4n) is 2.38. The molecule has 1 aliphatic heterocycles. The number of aliphatic hydroxyl groups excluding tert-OH is 1. The van der Waals surface area contributed by atoms with Crippen molar-refractivity contribution in [2.75, 3.05) is 13.1 Å². The minimum absolute atomic E-state index is 0.0735. The molecule has 2 nitrogen and oxygen atoms in total. The number of hydrogen-bond donors (Lipinski definition) is 1. The number of nitrogens with zero attached hydrogens (tertiary/aromatic N) is 1. The van der Waals surface area contributed by atoms with Crippen LogP contribution in [-0.4, -0.2) is 35.2 Å². The van der Waals surface area contributed by atoms with Gasteiger partial charge in [-0.25, -0.2) is 0 Å². The first-order valence-corrected chi connectivity index (χ1v) is 6.05. The maximum absolute atomic E-state index is 9.64. The molecule has 0 radical (unpaired) electrons. The van der Waals surface area contributed by atoms with Crippen LogP contribution in [0.3, 0.4) is 0 Å². The first-order chi connectivity index (χ1) is 6.63. The summed E-state index contributed by atoms with van der Waals surface area (Å²) in [6, 6.07) is 0.636. The zero-order valence-corrected chi connectivity index (χ0v) is 9.87. The molecule has 0 spiro atoms. The van der Waals surface area contributed by atoms with Gasteiger partial charge in [0.25, 0.3) is 0 Å². The Morgan fingerprint density at radius 3 is 2.71 bits per heavy atom. The Kier molecular flexibility index (Phi) is 4.90. The third kappa shape index (κ3) is 3.58. The van der Waals surface area contributed by atoms with E-state index in [1.807, 2.05) is 0 Å². The van der Waals surface area contributed by atoms with Crippen LogP contribution in [0.1, 0.15) is 46.5 Å². The molecule has 1 aliphatic rings. The molecule has 2 unspecified atom stereocenters. The highest BCUT2D eigenvalue weighted by Crippen LogP contribution is 2.23. The molecule has 1 rings (SSSR count). The highest BCUT2D eigenvalue weighted by atomic mass is 16.3. The maximum Gasteiger partial charge on any atom is 0.0682 e. The molecule has 84 valence electrons. The van der Waals surface area contributed by atoms with Crippen molar-refractivity contribution in [1.29, 1.82) is 0 Å². The summed E-state index contributed by atoms with van der Waals surface area (Å²) in [7, 11) is 0. The van der Waals surface area contributed by atoms with Crippen LogP contribution in [0.4, 0.5) is 0 Å². The smallest absolute Gasteiger partial charge is 0.0682 e. The summed E-state index contributed by atoms with van der Waals surface area (Å²) >= 11 is 0.